The maximum atomic E-state index is 12.9. The molecule has 2 atom stereocenters. The van der Waals surface area contributed by atoms with E-state index >= 15 is 0 Å². The highest BCUT2D eigenvalue weighted by Crippen LogP contribution is 2.30. The van der Waals surface area contributed by atoms with Gasteiger partial charge in [-0.1, -0.05) is 19.1 Å². The fraction of sp³-hybridized carbons (Fsp3) is 0.588. The van der Waals surface area contributed by atoms with Gasteiger partial charge in [-0.05, 0) is 43.3 Å². The summed E-state index contributed by atoms with van der Waals surface area (Å²) < 4.78 is 0. The molecule has 1 aromatic heterocycles. The van der Waals surface area contributed by atoms with Crippen LogP contribution < -0.4 is 5.73 Å². The minimum atomic E-state index is -0.103. The molecule has 1 aliphatic heterocycles. The van der Waals surface area contributed by atoms with Gasteiger partial charge in [0, 0.05) is 18.0 Å². The highest BCUT2D eigenvalue weighted by atomic mass is 32.1. The molecule has 2 unspecified atom stereocenters. The monoisotopic (exact) mass is 321 g/mol. The molecule has 2 N–H and O–H groups in total. The summed E-state index contributed by atoms with van der Waals surface area (Å²) in [6.45, 7) is 11.8. The number of carbonyl (C=O) groups is 1. The van der Waals surface area contributed by atoms with E-state index in [0.29, 0.717) is 19.6 Å². The van der Waals surface area contributed by atoms with Gasteiger partial charge in [0.15, 0.2) is 0 Å². The van der Waals surface area contributed by atoms with Crippen molar-refractivity contribution in [3.63, 3.8) is 0 Å². The largest absolute Gasteiger partial charge is 0.332 e. The third-order valence-corrected chi connectivity index (χ3v) is 5.43. The van der Waals surface area contributed by atoms with Crippen LogP contribution in [0.25, 0.3) is 0 Å². The summed E-state index contributed by atoms with van der Waals surface area (Å²) in [6.07, 6.45) is 2.86. The molecule has 1 saturated heterocycles. The van der Waals surface area contributed by atoms with Crippen molar-refractivity contribution >= 4 is 17.2 Å². The SMILES string of the molecule is C=CCN(Cc1cccs1)C(=O)C(C)N1CCC(C)(CN)C1. The summed E-state index contributed by atoms with van der Waals surface area (Å²) >= 11 is 1.68. The molecule has 0 spiro atoms. The van der Waals surface area contributed by atoms with E-state index in [1.54, 1.807) is 17.4 Å². The smallest absolute Gasteiger partial charge is 0.240 e. The van der Waals surface area contributed by atoms with Crippen LogP contribution in [-0.4, -0.2) is 47.9 Å². The van der Waals surface area contributed by atoms with E-state index in [1.165, 1.54) is 4.88 Å². The molecule has 2 rings (SSSR count). The molecule has 4 nitrogen and oxygen atoms in total. The molecule has 0 bridgehead atoms. The van der Waals surface area contributed by atoms with Crippen molar-refractivity contribution in [2.45, 2.75) is 32.9 Å². The highest BCUT2D eigenvalue weighted by molar-refractivity contribution is 7.09. The fourth-order valence-corrected chi connectivity index (χ4v) is 3.68. The number of hydrogen-bond acceptors (Lipinski definition) is 4. The Bertz CT molecular complexity index is 502. The summed E-state index contributed by atoms with van der Waals surface area (Å²) in [7, 11) is 0. The Morgan fingerprint density at radius 3 is 3.00 bits per heavy atom. The minimum Gasteiger partial charge on any atom is -0.332 e. The maximum absolute atomic E-state index is 12.9. The lowest BCUT2D eigenvalue weighted by molar-refractivity contribution is -0.136. The summed E-state index contributed by atoms with van der Waals surface area (Å²) in [6, 6.07) is 3.99. The predicted molar refractivity (Wildman–Crippen MR) is 92.7 cm³/mol. The van der Waals surface area contributed by atoms with Crippen molar-refractivity contribution in [2.24, 2.45) is 11.1 Å². The van der Waals surface area contributed by atoms with Gasteiger partial charge >= 0.3 is 0 Å². The number of nitrogens with two attached hydrogens (primary N) is 1. The lowest BCUT2D eigenvalue weighted by Crippen LogP contribution is -2.47. The topological polar surface area (TPSA) is 49.6 Å². The molecule has 1 amide bonds. The maximum Gasteiger partial charge on any atom is 0.240 e. The van der Waals surface area contributed by atoms with E-state index < -0.39 is 0 Å². The molecule has 5 heteroatoms. The first-order chi connectivity index (χ1) is 10.5. The predicted octanol–water partition coefficient (Wildman–Crippen LogP) is 2.32. The van der Waals surface area contributed by atoms with E-state index in [4.69, 9.17) is 5.73 Å². The molecule has 22 heavy (non-hydrogen) atoms. The Balaban J connectivity index is 2.01. The number of likely N-dealkylation sites (tertiary alicyclic amines) is 1. The van der Waals surface area contributed by atoms with Gasteiger partial charge in [0.2, 0.25) is 5.91 Å². The van der Waals surface area contributed by atoms with Gasteiger partial charge in [-0.15, -0.1) is 17.9 Å². The summed E-state index contributed by atoms with van der Waals surface area (Å²) in [4.78, 5) is 18.2. The van der Waals surface area contributed by atoms with Gasteiger partial charge in [0.05, 0.1) is 12.6 Å². The molecule has 1 fully saturated rings. The lowest BCUT2D eigenvalue weighted by atomic mass is 9.90. The van der Waals surface area contributed by atoms with Crippen LogP contribution in [0.5, 0.6) is 0 Å². The second-order valence-electron chi connectivity index (χ2n) is 6.50. The van der Waals surface area contributed by atoms with Gasteiger partial charge in [-0.2, -0.15) is 0 Å². The molecule has 0 radical (unpaired) electrons. The second kappa shape index (κ2) is 7.40. The first kappa shape index (κ1) is 17.2. The second-order valence-corrected chi connectivity index (χ2v) is 7.53. The molecule has 122 valence electrons. The molecular weight excluding hydrogens is 294 g/mol. The third-order valence-electron chi connectivity index (χ3n) is 4.57. The van der Waals surface area contributed by atoms with Gasteiger partial charge in [0.25, 0.3) is 0 Å². The standard InChI is InChI=1S/C17H27N3OS/c1-4-8-19(11-15-6-5-10-22-15)16(21)14(2)20-9-7-17(3,12-18)13-20/h4-6,10,14H,1,7-9,11-13,18H2,2-3H3. The lowest BCUT2D eigenvalue weighted by Gasteiger charge is -2.31. The van der Waals surface area contributed by atoms with Crippen LogP contribution in [0.1, 0.15) is 25.1 Å². The van der Waals surface area contributed by atoms with E-state index in [9.17, 15) is 4.79 Å². The Hall–Kier alpha value is -1.17. The molecule has 0 saturated carbocycles. The third kappa shape index (κ3) is 3.97. The molecule has 0 aromatic carbocycles. The fourth-order valence-electron chi connectivity index (χ4n) is 2.96. The molecule has 1 aliphatic rings. The van der Waals surface area contributed by atoms with Crippen molar-refractivity contribution in [2.75, 3.05) is 26.2 Å². The van der Waals surface area contributed by atoms with Crippen LogP contribution in [0.3, 0.4) is 0 Å². The Labute approximate surface area is 137 Å². The van der Waals surface area contributed by atoms with Gasteiger partial charge in [-0.3, -0.25) is 9.69 Å². The Kier molecular flexibility index (Phi) is 5.78. The average Bonchev–Trinajstić information content (AvgIpc) is 3.15. The summed E-state index contributed by atoms with van der Waals surface area (Å²) in [5.74, 6) is 0.176. The van der Waals surface area contributed by atoms with Crippen molar-refractivity contribution in [1.82, 2.24) is 9.80 Å². The number of nitrogens with zero attached hydrogens (tertiary/aromatic N) is 2. The van der Waals surface area contributed by atoms with E-state index in [0.717, 1.165) is 19.5 Å². The summed E-state index contributed by atoms with van der Waals surface area (Å²) in [5.41, 5.74) is 6.01. The van der Waals surface area contributed by atoms with Crippen molar-refractivity contribution < 1.29 is 4.79 Å². The van der Waals surface area contributed by atoms with Crippen LogP contribution in [0, 0.1) is 5.41 Å². The Morgan fingerprint density at radius 1 is 1.68 bits per heavy atom. The van der Waals surface area contributed by atoms with Crippen molar-refractivity contribution in [3.05, 3.63) is 35.0 Å². The van der Waals surface area contributed by atoms with Gasteiger partial charge in [0.1, 0.15) is 0 Å². The van der Waals surface area contributed by atoms with E-state index in [-0.39, 0.29) is 17.4 Å². The quantitative estimate of drug-likeness (QED) is 0.784. The van der Waals surface area contributed by atoms with Crippen LogP contribution in [0.15, 0.2) is 30.2 Å². The Morgan fingerprint density at radius 2 is 2.45 bits per heavy atom. The summed E-state index contributed by atoms with van der Waals surface area (Å²) in [5, 5.41) is 2.04. The number of hydrogen-bond donors (Lipinski definition) is 1. The normalized spacial score (nSPS) is 23.4. The molecule has 2 heterocycles. The van der Waals surface area contributed by atoms with Crippen LogP contribution in [0.4, 0.5) is 0 Å². The molecule has 0 aliphatic carbocycles. The molecule has 1 aromatic rings. The highest BCUT2D eigenvalue weighted by Gasteiger charge is 2.37. The molecular formula is C17H27N3OS. The van der Waals surface area contributed by atoms with Crippen LogP contribution >= 0.6 is 11.3 Å². The number of amides is 1. The first-order valence-corrected chi connectivity index (χ1v) is 8.73. The van der Waals surface area contributed by atoms with E-state index in [1.807, 2.05) is 23.3 Å². The van der Waals surface area contributed by atoms with Crippen molar-refractivity contribution in [3.8, 4) is 0 Å². The van der Waals surface area contributed by atoms with E-state index in [2.05, 4.69) is 24.5 Å². The average molecular weight is 321 g/mol. The number of carbonyl (C=O) groups excluding carboxylic acids is 1. The first-order valence-electron chi connectivity index (χ1n) is 7.85. The number of thiophene rings is 1. The zero-order valence-corrected chi connectivity index (χ0v) is 14.4. The van der Waals surface area contributed by atoms with Gasteiger partial charge in [-0.25, -0.2) is 0 Å². The minimum absolute atomic E-state index is 0.103. The zero-order chi connectivity index (χ0) is 16.2. The van der Waals surface area contributed by atoms with Crippen LogP contribution in [-0.2, 0) is 11.3 Å². The van der Waals surface area contributed by atoms with Crippen molar-refractivity contribution in [1.29, 1.82) is 0 Å². The van der Waals surface area contributed by atoms with Gasteiger partial charge < -0.3 is 10.6 Å². The zero-order valence-electron chi connectivity index (χ0n) is 13.6. The van der Waals surface area contributed by atoms with Crippen LogP contribution in [0.2, 0.25) is 0 Å². The number of rotatable bonds is 7.